The van der Waals surface area contributed by atoms with Crippen molar-refractivity contribution in [2.24, 2.45) is 11.8 Å². The average molecular weight is 264 g/mol. The van der Waals surface area contributed by atoms with E-state index in [4.69, 9.17) is 0 Å². The van der Waals surface area contributed by atoms with Crippen molar-refractivity contribution >= 4 is 0 Å². The highest BCUT2D eigenvalue weighted by atomic mass is 15.2. The molecule has 1 heterocycles. The SMILES string of the molecule is CC(C)(C1CC1)N1CCCNC(C2CCCCC2)C1. The van der Waals surface area contributed by atoms with E-state index in [1.807, 2.05) is 0 Å². The van der Waals surface area contributed by atoms with E-state index in [0.29, 0.717) is 5.54 Å². The molecule has 3 fully saturated rings. The quantitative estimate of drug-likeness (QED) is 0.840. The number of hydrogen-bond acceptors (Lipinski definition) is 2. The molecule has 0 amide bonds. The Bertz CT molecular complexity index is 290. The zero-order chi connectivity index (χ0) is 13.3. The average Bonchev–Trinajstić information content (AvgIpc) is 3.26. The van der Waals surface area contributed by atoms with Gasteiger partial charge in [0.1, 0.15) is 0 Å². The van der Waals surface area contributed by atoms with Crippen LogP contribution in [-0.2, 0) is 0 Å². The van der Waals surface area contributed by atoms with Gasteiger partial charge >= 0.3 is 0 Å². The van der Waals surface area contributed by atoms with Crippen LogP contribution in [0.3, 0.4) is 0 Å². The molecule has 3 rings (SSSR count). The van der Waals surface area contributed by atoms with Crippen molar-refractivity contribution in [3.63, 3.8) is 0 Å². The maximum absolute atomic E-state index is 3.87. The highest BCUT2D eigenvalue weighted by Gasteiger charge is 2.43. The fraction of sp³-hybridized carbons (Fsp3) is 1.00. The highest BCUT2D eigenvalue weighted by Crippen LogP contribution is 2.43. The lowest BCUT2D eigenvalue weighted by Crippen LogP contribution is -2.51. The summed E-state index contributed by atoms with van der Waals surface area (Å²) in [5.41, 5.74) is 0.443. The van der Waals surface area contributed by atoms with Crippen molar-refractivity contribution in [3.8, 4) is 0 Å². The monoisotopic (exact) mass is 264 g/mol. The molecule has 0 bridgehead atoms. The minimum atomic E-state index is 0.443. The van der Waals surface area contributed by atoms with Crippen molar-refractivity contribution in [2.75, 3.05) is 19.6 Å². The lowest BCUT2D eigenvalue weighted by molar-refractivity contribution is 0.0840. The summed E-state index contributed by atoms with van der Waals surface area (Å²) in [5.74, 6) is 1.92. The van der Waals surface area contributed by atoms with Gasteiger partial charge in [0.15, 0.2) is 0 Å². The van der Waals surface area contributed by atoms with E-state index in [9.17, 15) is 0 Å². The van der Waals surface area contributed by atoms with Gasteiger partial charge in [0.05, 0.1) is 0 Å². The number of nitrogens with one attached hydrogen (secondary N) is 1. The number of rotatable bonds is 3. The standard InChI is InChI=1S/C17H32N2/c1-17(2,15-9-10-15)19-12-6-11-18-16(13-19)14-7-4-3-5-8-14/h14-16,18H,3-13H2,1-2H3. The van der Waals surface area contributed by atoms with Crippen LogP contribution in [0.2, 0.25) is 0 Å². The number of nitrogens with zero attached hydrogens (tertiary/aromatic N) is 1. The molecule has 1 saturated heterocycles. The lowest BCUT2D eigenvalue weighted by atomic mass is 9.83. The van der Waals surface area contributed by atoms with Gasteiger partial charge < -0.3 is 5.32 Å². The Morgan fingerprint density at radius 2 is 1.68 bits per heavy atom. The van der Waals surface area contributed by atoms with Crippen LogP contribution in [0.1, 0.15) is 65.2 Å². The zero-order valence-electron chi connectivity index (χ0n) is 13.0. The molecular weight excluding hydrogens is 232 g/mol. The van der Waals surface area contributed by atoms with E-state index < -0.39 is 0 Å². The first-order valence-corrected chi connectivity index (χ1v) is 8.66. The predicted molar refractivity (Wildman–Crippen MR) is 81.4 cm³/mol. The van der Waals surface area contributed by atoms with Crippen molar-refractivity contribution in [1.82, 2.24) is 10.2 Å². The van der Waals surface area contributed by atoms with Gasteiger partial charge in [-0.2, -0.15) is 0 Å². The molecular formula is C17H32N2. The highest BCUT2D eigenvalue weighted by molar-refractivity contribution is 4.98. The maximum atomic E-state index is 3.87. The third kappa shape index (κ3) is 3.16. The summed E-state index contributed by atoms with van der Waals surface area (Å²) in [7, 11) is 0. The van der Waals surface area contributed by atoms with Gasteiger partial charge in [-0.3, -0.25) is 4.90 Å². The molecule has 3 aliphatic rings. The van der Waals surface area contributed by atoms with Gasteiger partial charge in [0, 0.05) is 18.1 Å². The van der Waals surface area contributed by atoms with E-state index >= 15 is 0 Å². The Morgan fingerprint density at radius 1 is 0.947 bits per heavy atom. The third-order valence-corrected chi connectivity index (χ3v) is 6.04. The van der Waals surface area contributed by atoms with Crippen LogP contribution in [-0.4, -0.2) is 36.1 Å². The molecule has 2 nitrogen and oxygen atoms in total. The summed E-state index contributed by atoms with van der Waals surface area (Å²) in [4.78, 5) is 2.82. The Balaban J connectivity index is 1.64. The van der Waals surface area contributed by atoms with Crippen LogP contribution >= 0.6 is 0 Å². The van der Waals surface area contributed by atoms with Crippen molar-refractivity contribution < 1.29 is 0 Å². The Hall–Kier alpha value is -0.0800. The topological polar surface area (TPSA) is 15.3 Å². The van der Waals surface area contributed by atoms with Gasteiger partial charge in [-0.1, -0.05) is 19.3 Å². The molecule has 1 atom stereocenters. The fourth-order valence-corrected chi connectivity index (χ4v) is 4.37. The smallest absolute Gasteiger partial charge is 0.0223 e. The number of hydrogen-bond donors (Lipinski definition) is 1. The summed E-state index contributed by atoms with van der Waals surface area (Å²) >= 11 is 0. The molecule has 1 N–H and O–H groups in total. The van der Waals surface area contributed by atoms with Crippen LogP contribution in [0.15, 0.2) is 0 Å². The molecule has 2 aliphatic carbocycles. The van der Waals surface area contributed by atoms with Gasteiger partial charge in [-0.15, -0.1) is 0 Å². The minimum absolute atomic E-state index is 0.443. The molecule has 0 radical (unpaired) electrons. The third-order valence-electron chi connectivity index (χ3n) is 6.04. The molecule has 2 saturated carbocycles. The summed E-state index contributed by atoms with van der Waals surface area (Å²) in [6.07, 6.45) is 11.6. The summed E-state index contributed by atoms with van der Waals surface area (Å²) in [5, 5.41) is 3.87. The van der Waals surface area contributed by atoms with Crippen LogP contribution in [0, 0.1) is 11.8 Å². The summed E-state index contributed by atoms with van der Waals surface area (Å²) in [6, 6.07) is 0.765. The van der Waals surface area contributed by atoms with Crippen molar-refractivity contribution in [3.05, 3.63) is 0 Å². The van der Waals surface area contributed by atoms with Crippen LogP contribution in [0.4, 0.5) is 0 Å². The Kier molecular flexibility index (Phi) is 4.19. The Labute approximate surface area is 119 Å². The molecule has 1 aliphatic heterocycles. The summed E-state index contributed by atoms with van der Waals surface area (Å²) in [6.45, 7) is 8.83. The Morgan fingerprint density at radius 3 is 2.37 bits per heavy atom. The van der Waals surface area contributed by atoms with E-state index in [1.165, 1.54) is 71.0 Å². The molecule has 19 heavy (non-hydrogen) atoms. The lowest BCUT2D eigenvalue weighted by Gasteiger charge is -2.41. The first kappa shape index (κ1) is 13.9. The van der Waals surface area contributed by atoms with Gasteiger partial charge in [-0.05, 0) is 70.9 Å². The second-order valence-electron chi connectivity index (χ2n) is 7.69. The normalized spacial score (nSPS) is 32.2. The molecule has 0 aromatic rings. The molecule has 2 heteroatoms. The van der Waals surface area contributed by atoms with Crippen molar-refractivity contribution in [2.45, 2.75) is 76.8 Å². The molecule has 0 spiro atoms. The van der Waals surface area contributed by atoms with Gasteiger partial charge in [0.25, 0.3) is 0 Å². The van der Waals surface area contributed by atoms with Gasteiger partial charge in [-0.25, -0.2) is 0 Å². The molecule has 0 aromatic heterocycles. The predicted octanol–water partition coefficient (Wildman–Crippen LogP) is 3.42. The van der Waals surface area contributed by atoms with E-state index in [2.05, 4.69) is 24.1 Å². The van der Waals surface area contributed by atoms with Crippen molar-refractivity contribution in [1.29, 1.82) is 0 Å². The first-order valence-electron chi connectivity index (χ1n) is 8.66. The van der Waals surface area contributed by atoms with Crippen LogP contribution in [0.5, 0.6) is 0 Å². The van der Waals surface area contributed by atoms with E-state index in [-0.39, 0.29) is 0 Å². The maximum Gasteiger partial charge on any atom is 0.0223 e. The first-order chi connectivity index (χ1) is 9.18. The summed E-state index contributed by atoms with van der Waals surface area (Å²) < 4.78 is 0. The van der Waals surface area contributed by atoms with Crippen LogP contribution < -0.4 is 5.32 Å². The second-order valence-corrected chi connectivity index (χ2v) is 7.69. The van der Waals surface area contributed by atoms with E-state index in [0.717, 1.165) is 17.9 Å². The minimum Gasteiger partial charge on any atom is -0.312 e. The molecule has 0 aromatic carbocycles. The van der Waals surface area contributed by atoms with Gasteiger partial charge in [0.2, 0.25) is 0 Å². The van der Waals surface area contributed by atoms with E-state index in [1.54, 1.807) is 0 Å². The second kappa shape index (κ2) is 5.73. The largest absolute Gasteiger partial charge is 0.312 e. The fourth-order valence-electron chi connectivity index (χ4n) is 4.37. The van der Waals surface area contributed by atoms with Crippen LogP contribution in [0.25, 0.3) is 0 Å². The molecule has 110 valence electrons. The zero-order valence-corrected chi connectivity index (χ0v) is 13.0. The molecule has 1 unspecified atom stereocenters.